The molecule has 0 aliphatic rings. The summed E-state index contributed by atoms with van der Waals surface area (Å²) in [4.78, 5) is 0. The molecule has 1 aromatic heterocycles. The minimum Gasteiger partial charge on any atom is -0.434 e. The van der Waals surface area contributed by atoms with E-state index in [1.54, 1.807) is 32.2 Å². The number of hydrogen-bond donors (Lipinski definition) is 1. The Balaban J connectivity index is 1.94. The van der Waals surface area contributed by atoms with E-state index in [1.165, 1.54) is 4.68 Å². The standard InChI is InChI=1S/C19H18F2N4OS/c1-11-4-6-15(7-5-11)17-23-24-19(27)25(17)22-10-14-8-12(2)16(13(3)9-14)26-18(20)21/h4-10,18H,1-3H3,(H,24,27)/b22-10-. The molecule has 8 heteroatoms. The lowest BCUT2D eigenvalue weighted by Crippen LogP contribution is -2.05. The molecule has 5 nitrogen and oxygen atoms in total. The third kappa shape index (κ3) is 4.28. The van der Waals surface area contributed by atoms with Gasteiger partial charge in [-0.25, -0.2) is 5.10 Å². The monoisotopic (exact) mass is 388 g/mol. The summed E-state index contributed by atoms with van der Waals surface area (Å²) in [6.07, 6.45) is 1.61. The fourth-order valence-corrected chi connectivity index (χ4v) is 2.93. The number of halogens is 2. The molecule has 0 bridgehead atoms. The molecule has 0 saturated heterocycles. The number of aromatic nitrogens is 3. The fourth-order valence-electron chi connectivity index (χ4n) is 2.75. The van der Waals surface area contributed by atoms with Crippen LogP contribution in [0, 0.1) is 25.5 Å². The Bertz CT molecular complexity index is 1020. The van der Waals surface area contributed by atoms with Gasteiger partial charge in [-0.3, -0.25) is 0 Å². The van der Waals surface area contributed by atoms with Crippen LogP contribution >= 0.6 is 12.2 Å². The Hall–Kier alpha value is -2.87. The summed E-state index contributed by atoms with van der Waals surface area (Å²) in [5.41, 5.74) is 3.96. The van der Waals surface area contributed by atoms with E-state index < -0.39 is 6.61 Å². The van der Waals surface area contributed by atoms with Crippen LogP contribution in [0.3, 0.4) is 0 Å². The van der Waals surface area contributed by atoms with Crippen molar-refractivity contribution >= 4 is 18.4 Å². The molecule has 0 radical (unpaired) electrons. The van der Waals surface area contributed by atoms with Gasteiger partial charge in [0.15, 0.2) is 5.82 Å². The molecule has 0 aliphatic carbocycles. The smallest absolute Gasteiger partial charge is 0.387 e. The second kappa shape index (κ2) is 7.79. The number of H-pyrrole nitrogens is 1. The number of rotatable bonds is 5. The fraction of sp³-hybridized carbons (Fsp3) is 0.211. The lowest BCUT2D eigenvalue weighted by Gasteiger charge is -2.11. The van der Waals surface area contributed by atoms with Crippen molar-refractivity contribution in [3.63, 3.8) is 0 Å². The number of nitrogens with zero attached hydrogens (tertiary/aromatic N) is 3. The van der Waals surface area contributed by atoms with Gasteiger partial charge in [0.2, 0.25) is 4.77 Å². The van der Waals surface area contributed by atoms with Gasteiger partial charge in [-0.1, -0.05) is 29.8 Å². The summed E-state index contributed by atoms with van der Waals surface area (Å²) < 4.78 is 31.5. The number of nitrogens with one attached hydrogen (secondary N) is 1. The average Bonchev–Trinajstić information content (AvgIpc) is 2.97. The molecular formula is C19H18F2N4OS. The molecule has 1 heterocycles. The van der Waals surface area contributed by atoms with Crippen molar-refractivity contribution in [2.75, 3.05) is 0 Å². The first-order chi connectivity index (χ1) is 12.8. The van der Waals surface area contributed by atoms with E-state index >= 15 is 0 Å². The maximum atomic E-state index is 12.5. The van der Waals surface area contributed by atoms with E-state index in [-0.39, 0.29) is 5.75 Å². The van der Waals surface area contributed by atoms with Crippen molar-refractivity contribution < 1.29 is 13.5 Å². The number of aromatic amines is 1. The summed E-state index contributed by atoms with van der Waals surface area (Å²) in [6, 6.07) is 11.3. The van der Waals surface area contributed by atoms with Gasteiger partial charge in [0.05, 0.1) is 6.21 Å². The van der Waals surface area contributed by atoms with E-state index in [4.69, 9.17) is 12.2 Å². The first-order valence-corrected chi connectivity index (χ1v) is 8.61. The second-order valence-corrected chi connectivity index (χ2v) is 6.52. The van der Waals surface area contributed by atoms with Crippen LogP contribution in [0.1, 0.15) is 22.3 Å². The highest BCUT2D eigenvalue weighted by atomic mass is 32.1. The van der Waals surface area contributed by atoms with Gasteiger partial charge in [0.1, 0.15) is 5.75 Å². The molecule has 0 amide bonds. The number of hydrogen-bond acceptors (Lipinski definition) is 4. The minimum atomic E-state index is -2.86. The third-order valence-corrected chi connectivity index (χ3v) is 4.24. The number of benzene rings is 2. The normalized spacial score (nSPS) is 11.5. The lowest BCUT2D eigenvalue weighted by atomic mass is 10.1. The van der Waals surface area contributed by atoms with Crippen LogP contribution in [0.15, 0.2) is 41.5 Å². The summed E-state index contributed by atoms with van der Waals surface area (Å²) >= 11 is 5.26. The molecule has 3 rings (SSSR count). The van der Waals surface area contributed by atoms with Gasteiger partial charge in [-0.05, 0) is 61.8 Å². The highest BCUT2D eigenvalue weighted by Crippen LogP contribution is 2.26. The SMILES string of the molecule is Cc1ccc(-c2n[nH]c(=S)n2/N=C\c2cc(C)c(OC(F)F)c(C)c2)cc1. The molecule has 1 N–H and O–H groups in total. The van der Waals surface area contributed by atoms with E-state index in [2.05, 4.69) is 20.0 Å². The minimum absolute atomic E-state index is 0.183. The maximum absolute atomic E-state index is 12.5. The molecule has 140 valence electrons. The Morgan fingerprint density at radius 2 is 1.78 bits per heavy atom. The highest BCUT2D eigenvalue weighted by molar-refractivity contribution is 7.71. The molecule has 27 heavy (non-hydrogen) atoms. The largest absolute Gasteiger partial charge is 0.434 e. The van der Waals surface area contributed by atoms with Gasteiger partial charge < -0.3 is 4.74 Å². The van der Waals surface area contributed by atoms with E-state index in [0.717, 1.165) is 16.7 Å². The molecule has 0 aliphatic heterocycles. The lowest BCUT2D eigenvalue weighted by molar-refractivity contribution is -0.0507. The highest BCUT2D eigenvalue weighted by Gasteiger charge is 2.12. The summed E-state index contributed by atoms with van der Waals surface area (Å²) in [5, 5.41) is 11.4. The van der Waals surface area contributed by atoms with Crippen LogP contribution in [0.25, 0.3) is 11.4 Å². The van der Waals surface area contributed by atoms with Crippen molar-refractivity contribution in [3.8, 4) is 17.1 Å². The zero-order valence-electron chi connectivity index (χ0n) is 15.0. The van der Waals surface area contributed by atoms with E-state index in [0.29, 0.717) is 21.7 Å². The molecule has 0 spiro atoms. The van der Waals surface area contributed by atoms with Crippen LogP contribution < -0.4 is 4.74 Å². The molecule has 0 saturated carbocycles. The van der Waals surface area contributed by atoms with E-state index in [1.807, 2.05) is 31.2 Å². The van der Waals surface area contributed by atoms with Crippen LogP contribution in [-0.2, 0) is 0 Å². The quantitative estimate of drug-likeness (QED) is 0.493. The first kappa shape index (κ1) is 18.9. The molecule has 2 aromatic carbocycles. The van der Waals surface area contributed by atoms with Crippen molar-refractivity contribution in [3.05, 3.63) is 63.4 Å². The first-order valence-electron chi connectivity index (χ1n) is 8.20. The number of alkyl halides is 2. The second-order valence-electron chi connectivity index (χ2n) is 6.14. The molecule has 0 unspecified atom stereocenters. The van der Waals surface area contributed by atoms with Crippen molar-refractivity contribution in [1.82, 2.24) is 14.9 Å². The predicted molar refractivity (Wildman–Crippen MR) is 103 cm³/mol. The van der Waals surface area contributed by atoms with Crippen LogP contribution in [-0.4, -0.2) is 27.7 Å². The van der Waals surface area contributed by atoms with Gasteiger partial charge in [-0.2, -0.15) is 23.7 Å². The van der Waals surface area contributed by atoms with Crippen LogP contribution in [0.5, 0.6) is 5.75 Å². The van der Waals surface area contributed by atoms with Gasteiger partial charge >= 0.3 is 6.61 Å². The Labute approximate surface area is 160 Å². The van der Waals surface area contributed by atoms with Gasteiger partial charge in [-0.15, -0.1) is 0 Å². The molecular weight excluding hydrogens is 370 g/mol. The third-order valence-electron chi connectivity index (χ3n) is 3.97. The molecule has 3 aromatic rings. The Morgan fingerprint density at radius 3 is 2.37 bits per heavy atom. The number of ether oxygens (including phenoxy) is 1. The van der Waals surface area contributed by atoms with Crippen molar-refractivity contribution in [1.29, 1.82) is 0 Å². The maximum Gasteiger partial charge on any atom is 0.387 e. The Morgan fingerprint density at radius 1 is 1.15 bits per heavy atom. The topological polar surface area (TPSA) is 55.2 Å². The van der Waals surface area contributed by atoms with Crippen molar-refractivity contribution in [2.45, 2.75) is 27.4 Å². The summed E-state index contributed by atoms with van der Waals surface area (Å²) in [5.74, 6) is 0.768. The average molecular weight is 388 g/mol. The van der Waals surface area contributed by atoms with Crippen LogP contribution in [0.4, 0.5) is 8.78 Å². The number of aryl methyl sites for hydroxylation is 3. The van der Waals surface area contributed by atoms with Crippen LogP contribution in [0.2, 0.25) is 0 Å². The zero-order valence-corrected chi connectivity index (χ0v) is 15.8. The van der Waals surface area contributed by atoms with Gasteiger partial charge in [0.25, 0.3) is 0 Å². The predicted octanol–water partition coefficient (Wildman–Crippen LogP) is 5.02. The Kier molecular flexibility index (Phi) is 5.46. The summed E-state index contributed by atoms with van der Waals surface area (Å²) in [7, 11) is 0. The van der Waals surface area contributed by atoms with Crippen molar-refractivity contribution in [2.24, 2.45) is 5.10 Å². The summed E-state index contributed by atoms with van der Waals surface area (Å²) in [6.45, 7) is 2.57. The molecule has 0 atom stereocenters. The molecule has 0 fully saturated rings. The van der Waals surface area contributed by atoms with E-state index in [9.17, 15) is 8.78 Å². The zero-order chi connectivity index (χ0) is 19.6. The van der Waals surface area contributed by atoms with Gasteiger partial charge in [0, 0.05) is 5.56 Å².